The van der Waals surface area contributed by atoms with Gasteiger partial charge >= 0.3 is 18.0 Å². The highest BCUT2D eigenvalue weighted by Gasteiger charge is 2.34. The van der Waals surface area contributed by atoms with Crippen molar-refractivity contribution in [3.8, 4) is 6.07 Å². The number of nitrogens with one attached hydrogen (secondary N) is 2. The maximum absolute atomic E-state index is 13.0. The van der Waals surface area contributed by atoms with Crippen LogP contribution in [0.5, 0.6) is 0 Å². The molecule has 162 valence electrons. The highest BCUT2D eigenvalue weighted by Crippen LogP contribution is 2.34. The lowest BCUT2D eigenvalue weighted by atomic mass is 9.96. The van der Waals surface area contributed by atoms with Crippen molar-refractivity contribution in [2.75, 3.05) is 29.9 Å². The topological polar surface area (TPSA) is 98.1 Å². The Hall–Kier alpha value is -3.61. The third-order valence-corrected chi connectivity index (χ3v) is 5.06. The maximum atomic E-state index is 13.0. The Bertz CT molecular complexity index is 995. The smallest absolute Gasteiger partial charge is 0.356 e. The molecule has 0 unspecified atom stereocenters. The fourth-order valence-electron chi connectivity index (χ4n) is 3.42. The van der Waals surface area contributed by atoms with Crippen LogP contribution in [0.1, 0.15) is 24.0 Å². The van der Waals surface area contributed by atoms with E-state index in [0.29, 0.717) is 37.3 Å². The Labute approximate surface area is 176 Å². The number of benzene rings is 1. The summed E-state index contributed by atoms with van der Waals surface area (Å²) in [5.41, 5.74) is -0.994. The number of hydrogen-bond donors (Lipinski definition) is 2. The van der Waals surface area contributed by atoms with Crippen molar-refractivity contribution in [1.82, 2.24) is 10.3 Å². The van der Waals surface area contributed by atoms with Crippen molar-refractivity contribution in [3.05, 3.63) is 53.7 Å². The van der Waals surface area contributed by atoms with Crippen LogP contribution in [0.25, 0.3) is 0 Å². The summed E-state index contributed by atoms with van der Waals surface area (Å²) in [6.07, 6.45) is -1.61. The first-order valence-corrected chi connectivity index (χ1v) is 9.65. The van der Waals surface area contributed by atoms with Gasteiger partial charge in [-0.05, 0) is 43.0 Å². The normalized spacial score (nSPS) is 14.6. The summed E-state index contributed by atoms with van der Waals surface area (Å²) >= 11 is 0. The number of pyridine rings is 1. The molecule has 0 aliphatic carbocycles. The van der Waals surface area contributed by atoms with Gasteiger partial charge in [0.05, 0.1) is 16.8 Å². The van der Waals surface area contributed by atoms with Crippen molar-refractivity contribution in [3.63, 3.8) is 0 Å². The number of amides is 2. The summed E-state index contributed by atoms with van der Waals surface area (Å²) in [5, 5.41) is 13.7. The van der Waals surface area contributed by atoms with Crippen LogP contribution < -0.4 is 15.5 Å². The Morgan fingerprint density at radius 3 is 2.52 bits per heavy atom. The van der Waals surface area contributed by atoms with Crippen LogP contribution in [0.3, 0.4) is 0 Å². The first kappa shape index (κ1) is 22.1. The van der Waals surface area contributed by atoms with Crippen LogP contribution >= 0.6 is 0 Å². The number of halogens is 3. The molecule has 1 aromatic carbocycles. The van der Waals surface area contributed by atoms with Crippen LogP contribution in [0.2, 0.25) is 0 Å². The van der Waals surface area contributed by atoms with E-state index in [1.807, 2.05) is 10.2 Å². The van der Waals surface area contributed by atoms with E-state index >= 15 is 0 Å². The Balaban J connectivity index is 1.50. The Morgan fingerprint density at radius 1 is 1.13 bits per heavy atom. The first-order valence-electron chi connectivity index (χ1n) is 9.65. The number of piperidine rings is 1. The number of aromatic nitrogens is 1. The summed E-state index contributed by atoms with van der Waals surface area (Å²) < 4.78 is 39.0. The second kappa shape index (κ2) is 9.47. The monoisotopic (exact) mass is 431 g/mol. The van der Waals surface area contributed by atoms with Gasteiger partial charge in [0, 0.05) is 25.8 Å². The average molecular weight is 431 g/mol. The number of hydrogen-bond acceptors (Lipinski definition) is 5. The van der Waals surface area contributed by atoms with Gasteiger partial charge < -0.3 is 15.5 Å². The summed E-state index contributed by atoms with van der Waals surface area (Å²) in [6.45, 7) is 1.50. The van der Waals surface area contributed by atoms with E-state index < -0.39 is 29.2 Å². The van der Waals surface area contributed by atoms with E-state index in [-0.39, 0.29) is 12.5 Å². The number of nitrogens with zero attached hydrogens (tertiary/aromatic N) is 3. The molecule has 1 fully saturated rings. The number of para-hydroxylation sites is 1. The van der Waals surface area contributed by atoms with E-state index in [9.17, 15) is 28.0 Å². The number of carbonyl (C=O) groups is 2. The second-order valence-corrected chi connectivity index (χ2v) is 7.12. The predicted molar refractivity (Wildman–Crippen MR) is 107 cm³/mol. The van der Waals surface area contributed by atoms with Crippen molar-refractivity contribution in [2.45, 2.75) is 19.0 Å². The molecule has 10 heteroatoms. The third kappa shape index (κ3) is 5.51. The molecule has 1 aromatic heterocycles. The van der Waals surface area contributed by atoms with E-state index in [1.165, 1.54) is 12.1 Å². The van der Waals surface area contributed by atoms with Crippen LogP contribution in [-0.4, -0.2) is 36.4 Å². The third-order valence-electron chi connectivity index (χ3n) is 5.06. The Morgan fingerprint density at radius 2 is 1.84 bits per heavy atom. The lowest BCUT2D eigenvalue weighted by Gasteiger charge is -2.33. The maximum Gasteiger partial charge on any atom is 0.418 e. The quantitative estimate of drug-likeness (QED) is 0.726. The van der Waals surface area contributed by atoms with E-state index in [0.717, 1.165) is 12.1 Å². The second-order valence-electron chi connectivity index (χ2n) is 7.12. The van der Waals surface area contributed by atoms with Crippen molar-refractivity contribution < 1.29 is 22.8 Å². The zero-order chi connectivity index (χ0) is 22.4. The van der Waals surface area contributed by atoms with E-state index in [2.05, 4.69) is 16.4 Å². The zero-order valence-corrected chi connectivity index (χ0v) is 16.4. The molecule has 0 spiro atoms. The summed E-state index contributed by atoms with van der Waals surface area (Å²) in [7, 11) is 0. The number of nitriles is 1. The molecule has 1 aliphatic rings. The molecule has 2 N–H and O–H groups in total. The van der Waals surface area contributed by atoms with Gasteiger partial charge in [-0.25, -0.2) is 4.98 Å². The van der Waals surface area contributed by atoms with Crippen molar-refractivity contribution in [2.24, 2.45) is 5.92 Å². The number of alkyl halides is 3. The summed E-state index contributed by atoms with van der Waals surface area (Å²) in [4.78, 5) is 30.4. The average Bonchev–Trinajstić information content (AvgIpc) is 2.77. The van der Waals surface area contributed by atoms with E-state index in [4.69, 9.17) is 0 Å². The molecule has 1 aliphatic heterocycles. The number of anilines is 2. The molecular weight excluding hydrogens is 411 g/mol. The van der Waals surface area contributed by atoms with Crippen LogP contribution in [0, 0.1) is 17.2 Å². The van der Waals surface area contributed by atoms with Gasteiger partial charge in [0.1, 0.15) is 11.9 Å². The van der Waals surface area contributed by atoms with Crippen LogP contribution in [0.4, 0.5) is 24.7 Å². The molecule has 2 amide bonds. The predicted octanol–water partition coefficient (Wildman–Crippen LogP) is 2.94. The SMILES string of the molecule is N#Cc1cccnc1N1CCC(CNC(=O)C(=O)Nc2ccccc2C(F)(F)F)CC1. The molecule has 1 saturated heterocycles. The van der Waals surface area contributed by atoms with Crippen LogP contribution in [-0.2, 0) is 15.8 Å². The number of rotatable bonds is 4. The zero-order valence-electron chi connectivity index (χ0n) is 16.4. The highest BCUT2D eigenvalue weighted by atomic mass is 19.4. The van der Waals surface area contributed by atoms with Gasteiger partial charge in [-0.3, -0.25) is 9.59 Å². The van der Waals surface area contributed by atoms with Crippen molar-refractivity contribution in [1.29, 1.82) is 5.26 Å². The summed E-state index contributed by atoms with van der Waals surface area (Å²) in [5.74, 6) is -1.42. The minimum Gasteiger partial charge on any atom is -0.356 e. The molecule has 0 radical (unpaired) electrons. The van der Waals surface area contributed by atoms with Gasteiger partial charge in [0.25, 0.3) is 0 Å². The molecule has 0 bridgehead atoms. The fraction of sp³-hybridized carbons (Fsp3) is 0.333. The lowest BCUT2D eigenvalue weighted by Crippen LogP contribution is -2.42. The Kier molecular flexibility index (Phi) is 6.74. The highest BCUT2D eigenvalue weighted by molar-refractivity contribution is 6.39. The van der Waals surface area contributed by atoms with Crippen molar-refractivity contribution >= 4 is 23.3 Å². The lowest BCUT2D eigenvalue weighted by molar-refractivity contribution is -0.138. The van der Waals surface area contributed by atoms with Gasteiger partial charge in [0.2, 0.25) is 0 Å². The molecule has 0 atom stereocenters. The number of carbonyl (C=O) groups excluding carboxylic acids is 2. The van der Waals surface area contributed by atoms with Gasteiger partial charge in [-0.2, -0.15) is 18.4 Å². The molecule has 0 saturated carbocycles. The molecule has 3 rings (SSSR count). The first-order chi connectivity index (χ1) is 14.8. The molecule has 2 aromatic rings. The van der Waals surface area contributed by atoms with E-state index in [1.54, 1.807) is 18.3 Å². The van der Waals surface area contributed by atoms with Gasteiger partial charge in [-0.15, -0.1) is 0 Å². The van der Waals surface area contributed by atoms with Gasteiger partial charge in [-0.1, -0.05) is 12.1 Å². The van der Waals surface area contributed by atoms with Crippen LogP contribution in [0.15, 0.2) is 42.6 Å². The standard InChI is InChI=1S/C21H20F3N5O2/c22-21(23,24)16-5-1-2-6-17(16)28-20(31)19(30)27-13-14-7-10-29(11-8-14)18-15(12-25)4-3-9-26-18/h1-6,9,14H,7-8,10-11,13H2,(H,27,30)(H,28,31). The summed E-state index contributed by atoms with van der Waals surface area (Å²) in [6, 6.07) is 9.98. The molecule has 7 nitrogen and oxygen atoms in total. The molecule has 31 heavy (non-hydrogen) atoms. The van der Waals surface area contributed by atoms with Gasteiger partial charge in [0.15, 0.2) is 0 Å². The molecular formula is C21H20F3N5O2. The fourth-order valence-corrected chi connectivity index (χ4v) is 3.42. The minimum absolute atomic E-state index is 0.102. The minimum atomic E-state index is -4.65. The molecule has 2 heterocycles. The largest absolute Gasteiger partial charge is 0.418 e.